The van der Waals surface area contributed by atoms with Gasteiger partial charge in [-0.15, -0.1) is 0 Å². The van der Waals surface area contributed by atoms with Crippen molar-refractivity contribution in [2.45, 2.75) is 64.0 Å². The van der Waals surface area contributed by atoms with Crippen LogP contribution in [-0.2, 0) is 9.59 Å². The van der Waals surface area contributed by atoms with E-state index in [1.165, 1.54) is 19.3 Å². The molecule has 1 saturated carbocycles. The summed E-state index contributed by atoms with van der Waals surface area (Å²) in [6.07, 6.45) is 6.49. The van der Waals surface area contributed by atoms with Crippen LogP contribution >= 0.6 is 0 Å². The maximum absolute atomic E-state index is 12.3. The summed E-state index contributed by atoms with van der Waals surface area (Å²) in [5, 5.41) is 4.71. The Bertz CT molecular complexity index is 391. The third-order valence-corrected chi connectivity index (χ3v) is 4.18. The van der Waals surface area contributed by atoms with E-state index in [4.69, 9.17) is 0 Å². The van der Waals surface area contributed by atoms with Gasteiger partial charge in [0.1, 0.15) is 6.04 Å². The molecule has 0 aromatic rings. The lowest BCUT2D eigenvalue weighted by molar-refractivity contribution is -0.134. The molecule has 0 radical (unpaired) electrons. The standard InChI is InChI=1S/C14H23N3O3/c1-2-17(10-6-4-3-5-7-10)12(18)9-8-11-13(19)16-14(20)15-11/h10-11H,2-9H2,1H3,(H2,15,16,19,20)/t11-/m0/s1. The zero-order valence-corrected chi connectivity index (χ0v) is 12.0. The fourth-order valence-corrected chi connectivity index (χ4v) is 3.10. The first kappa shape index (κ1) is 14.8. The summed E-state index contributed by atoms with van der Waals surface area (Å²) in [4.78, 5) is 36.7. The Kier molecular flexibility index (Phi) is 4.98. The molecule has 2 N–H and O–H groups in total. The molecular weight excluding hydrogens is 258 g/mol. The van der Waals surface area contributed by atoms with Gasteiger partial charge in [0.25, 0.3) is 5.91 Å². The quantitative estimate of drug-likeness (QED) is 0.742. The molecule has 1 atom stereocenters. The molecule has 1 saturated heterocycles. The molecule has 2 rings (SSSR count). The number of hydrogen-bond acceptors (Lipinski definition) is 3. The van der Waals surface area contributed by atoms with E-state index in [-0.39, 0.29) is 11.8 Å². The fraction of sp³-hybridized carbons (Fsp3) is 0.786. The number of imide groups is 1. The van der Waals surface area contributed by atoms with Crippen molar-refractivity contribution >= 4 is 17.8 Å². The van der Waals surface area contributed by atoms with Gasteiger partial charge in [-0.3, -0.25) is 14.9 Å². The number of carbonyl (C=O) groups excluding carboxylic acids is 3. The minimum atomic E-state index is -0.559. The SMILES string of the molecule is CCN(C(=O)CC[C@@H]1NC(=O)NC1=O)C1CCCCC1. The van der Waals surface area contributed by atoms with Crippen LogP contribution in [0.25, 0.3) is 0 Å². The maximum Gasteiger partial charge on any atom is 0.322 e. The van der Waals surface area contributed by atoms with Crippen LogP contribution in [0.4, 0.5) is 4.79 Å². The van der Waals surface area contributed by atoms with Gasteiger partial charge < -0.3 is 10.2 Å². The van der Waals surface area contributed by atoms with Gasteiger partial charge in [0.05, 0.1) is 0 Å². The molecule has 20 heavy (non-hydrogen) atoms. The van der Waals surface area contributed by atoms with E-state index in [1.807, 2.05) is 11.8 Å². The van der Waals surface area contributed by atoms with E-state index in [2.05, 4.69) is 10.6 Å². The first-order valence-electron chi connectivity index (χ1n) is 7.52. The first-order chi connectivity index (χ1) is 9.61. The smallest absolute Gasteiger partial charge is 0.322 e. The van der Waals surface area contributed by atoms with Gasteiger partial charge in [-0.2, -0.15) is 0 Å². The van der Waals surface area contributed by atoms with Gasteiger partial charge in [0.2, 0.25) is 5.91 Å². The number of nitrogens with zero attached hydrogens (tertiary/aromatic N) is 1. The van der Waals surface area contributed by atoms with Crippen LogP contribution in [0.3, 0.4) is 0 Å². The average molecular weight is 281 g/mol. The zero-order chi connectivity index (χ0) is 14.5. The molecule has 0 aromatic heterocycles. The molecule has 0 aromatic carbocycles. The first-order valence-corrected chi connectivity index (χ1v) is 7.52. The van der Waals surface area contributed by atoms with Crippen molar-refractivity contribution in [2.24, 2.45) is 0 Å². The van der Waals surface area contributed by atoms with Gasteiger partial charge in [-0.1, -0.05) is 19.3 Å². The van der Waals surface area contributed by atoms with Crippen LogP contribution in [0.2, 0.25) is 0 Å². The highest BCUT2D eigenvalue weighted by Gasteiger charge is 2.31. The Labute approximate surface area is 119 Å². The molecule has 112 valence electrons. The van der Waals surface area contributed by atoms with Gasteiger partial charge in [0, 0.05) is 19.0 Å². The summed E-state index contributed by atoms with van der Waals surface area (Å²) < 4.78 is 0. The van der Waals surface area contributed by atoms with Crippen molar-refractivity contribution in [2.75, 3.05) is 6.54 Å². The lowest BCUT2D eigenvalue weighted by atomic mass is 9.94. The van der Waals surface area contributed by atoms with Gasteiger partial charge in [-0.25, -0.2) is 4.79 Å². The monoisotopic (exact) mass is 281 g/mol. The molecular formula is C14H23N3O3. The molecule has 1 aliphatic heterocycles. The van der Waals surface area contributed by atoms with Crippen molar-refractivity contribution in [3.8, 4) is 0 Å². The number of rotatable bonds is 5. The maximum atomic E-state index is 12.3. The highest BCUT2D eigenvalue weighted by molar-refractivity contribution is 6.04. The predicted octanol–water partition coefficient (Wildman–Crippen LogP) is 1.16. The molecule has 6 nitrogen and oxygen atoms in total. The van der Waals surface area contributed by atoms with Crippen LogP contribution in [0.15, 0.2) is 0 Å². The Morgan fingerprint density at radius 3 is 2.50 bits per heavy atom. The van der Waals surface area contributed by atoms with E-state index < -0.39 is 12.1 Å². The third-order valence-electron chi connectivity index (χ3n) is 4.18. The van der Waals surface area contributed by atoms with Crippen LogP contribution in [0, 0.1) is 0 Å². The summed E-state index contributed by atoms with van der Waals surface area (Å²) in [6.45, 7) is 2.71. The lowest BCUT2D eigenvalue weighted by Crippen LogP contribution is -2.42. The Hall–Kier alpha value is -1.59. The van der Waals surface area contributed by atoms with E-state index >= 15 is 0 Å². The molecule has 6 heteroatoms. The minimum Gasteiger partial charge on any atom is -0.340 e. The molecule has 1 aliphatic carbocycles. The second-order valence-corrected chi connectivity index (χ2v) is 5.53. The van der Waals surface area contributed by atoms with E-state index in [0.29, 0.717) is 25.4 Å². The molecule has 2 aliphatic rings. The van der Waals surface area contributed by atoms with Crippen molar-refractivity contribution in [1.29, 1.82) is 0 Å². The fourth-order valence-electron chi connectivity index (χ4n) is 3.10. The molecule has 1 heterocycles. The predicted molar refractivity (Wildman–Crippen MR) is 74.0 cm³/mol. The van der Waals surface area contributed by atoms with Gasteiger partial charge in [0.15, 0.2) is 0 Å². The van der Waals surface area contributed by atoms with Crippen molar-refractivity contribution < 1.29 is 14.4 Å². The highest BCUT2D eigenvalue weighted by atomic mass is 16.2. The van der Waals surface area contributed by atoms with Crippen molar-refractivity contribution in [1.82, 2.24) is 15.5 Å². The zero-order valence-electron chi connectivity index (χ0n) is 12.0. The molecule has 0 bridgehead atoms. The summed E-state index contributed by atoms with van der Waals surface area (Å²) >= 11 is 0. The molecule has 0 spiro atoms. The number of amides is 4. The molecule has 2 fully saturated rings. The number of carbonyl (C=O) groups is 3. The lowest BCUT2D eigenvalue weighted by Gasteiger charge is -2.33. The van der Waals surface area contributed by atoms with Crippen LogP contribution in [0.5, 0.6) is 0 Å². The summed E-state index contributed by atoms with van der Waals surface area (Å²) in [5.74, 6) is -0.239. The largest absolute Gasteiger partial charge is 0.340 e. The van der Waals surface area contributed by atoms with Crippen molar-refractivity contribution in [3.63, 3.8) is 0 Å². The Balaban J connectivity index is 1.83. The highest BCUT2D eigenvalue weighted by Crippen LogP contribution is 2.23. The second-order valence-electron chi connectivity index (χ2n) is 5.53. The number of urea groups is 1. The van der Waals surface area contributed by atoms with E-state index in [0.717, 1.165) is 12.8 Å². The third kappa shape index (κ3) is 3.49. The second kappa shape index (κ2) is 6.72. The molecule has 0 unspecified atom stereocenters. The summed E-state index contributed by atoms with van der Waals surface area (Å²) in [7, 11) is 0. The normalized spacial score (nSPS) is 23.4. The van der Waals surface area contributed by atoms with Gasteiger partial charge >= 0.3 is 6.03 Å². The van der Waals surface area contributed by atoms with Crippen LogP contribution in [0.1, 0.15) is 51.9 Å². The number of nitrogens with one attached hydrogen (secondary N) is 2. The molecule has 4 amide bonds. The topological polar surface area (TPSA) is 78.5 Å². The number of hydrogen-bond donors (Lipinski definition) is 2. The minimum absolute atomic E-state index is 0.0911. The van der Waals surface area contributed by atoms with Crippen LogP contribution in [-0.4, -0.2) is 41.4 Å². The van der Waals surface area contributed by atoms with Crippen LogP contribution < -0.4 is 10.6 Å². The Morgan fingerprint density at radius 1 is 1.25 bits per heavy atom. The summed E-state index contributed by atoms with van der Waals surface area (Å²) in [5.41, 5.74) is 0. The average Bonchev–Trinajstić information content (AvgIpc) is 2.77. The van der Waals surface area contributed by atoms with E-state index in [1.54, 1.807) is 0 Å². The Morgan fingerprint density at radius 2 is 1.95 bits per heavy atom. The van der Waals surface area contributed by atoms with Crippen molar-refractivity contribution in [3.05, 3.63) is 0 Å². The summed E-state index contributed by atoms with van der Waals surface area (Å²) in [6, 6.07) is -0.670. The van der Waals surface area contributed by atoms with Gasteiger partial charge in [-0.05, 0) is 26.2 Å². The van der Waals surface area contributed by atoms with E-state index in [9.17, 15) is 14.4 Å².